The van der Waals surface area contributed by atoms with E-state index in [9.17, 15) is 0 Å². The molecule has 1 aromatic rings. The van der Waals surface area contributed by atoms with Crippen LogP contribution in [0.4, 0.5) is 0 Å². The minimum atomic E-state index is 0.798. The molecule has 1 heterocycles. The van der Waals surface area contributed by atoms with E-state index in [4.69, 9.17) is 0 Å². The number of allylic oxidation sites excluding steroid dienone is 1. The molecule has 2 heteroatoms. The molecule has 0 aromatic heterocycles. The van der Waals surface area contributed by atoms with Crippen LogP contribution in [-0.2, 0) is 6.54 Å². The maximum atomic E-state index is 4.10. The number of benzene rings is 1. The van der Waals surface area contributed by atoms with Crippen LogP contribution in [0.3, 0.4) is 0 Å². The first-order chi connectivity index (χ1) is 6.45. The van der Waals surface area contributed by atoms with Crippen LogP contribution in [0.2, 0.25) is 0 Å². The minimum absolute atomic E-state index is 0.798. The molecule has 0 saturated carbocycles. The molecule has 1 aromatic carbocycles. The van der Waals surface area contributed by atoms with Gasteiger partial charge in [-0.2, -0.15) is 0 Å². The van der Waals surface area contributed by atoms with Crippen LogP contribution in [-0.4, -0.2) is 12.8 Å². The predicted molar refractivity (Wildman–Crippen MR) is 54.7 cm³/mol. The molecule has 1 aliphatic heterocycles. The quantitative estimate of drug-likeness (QED) is 0.738. The lowest BCUT2D eigenvalue weighted by Gasteiger charge is -2.05. The minimum Gasteiger partial charge on any atom is -0.383 e. The molecule has 66 valence electrons. The zero-order valence-corrected chi connectivity index (χ0v) is 7.40. The fourth-order valence-electron chi connectivity index (χ4n) is 1.27. The molecule has 0 fully saturated rings. The van der Waals surface area contributed by atoms with Crippen LogP contribution in [0, 0.1) is 0 Å². The summed E-state index contributed by atoms with van der Waals surface area (Å²) in [4.78, 5) is 4.10. The zero-order chi connectivity index (χ0) is 8.93. The maximum absolute atomic E-state index is 4.10. The highest BCUT2D eigenvalue weighted by molar-refractivity contribution is 5.74. The number of hydrogen-bond acceptors (Lipinski definition) is 2. The fraction of sp³-hybridized carbons (Fsp3) is 0.182. The van der Waals surface area contributed by atoms with E-state index in [1.165, 1.54) is 11.3 Å². The summed E-state index contributed by atoms with van der Waals surface area (Å²) in [7, 11) is 0. The van der Waals surface area contributed by atoms with Crippen LogP contribution in [0.15, 0.2) is 47.1 Å². The lowest BCUT2D eigenvalue weighted by Crippen LogP contribution is -2.13. The van der Waals surface area contributed by atoms with Crippen molar-refractivity contribution in [2.24, 2.45) is 4.99 Å². The molecule has 0 bridgehead atoms. The number of nitrogens with zero attached hydrogens (tertiary/aromatic N) is 1. The second-order valence-corrected chi connectivity index (χ2v) is 3.02. The van der Waals surface area contributed by atoms with E-state index in [0.29, 0.717) is 0 Å². The van der Waals surface area contributed by atoms with Gasteiger partial charge in [0.2, 0.25) is 0 Å². The Balaban J connectivity index is 1.87. The molecule has 13 heavy (non-hydrogen) atoms. The first kappa shape index (κ1) is 8.05. The smallest absolute Gasteiger partial charge is 0.0786 e. The Bertz CT molecular complexity index is 325. The fourth-order valence-corrected chi connectivity index (χ4v) is 1.27. The Labute approximate surface area is 78.0 Å². The van der Waals surface area contributed by atoms with Gasteiger partial charge in [0.25, 0.3) is 0 Å². The van der Waals surface area contributed by atoms with Gasteiger partial charge in [-0.25, -0.2) is 0 Å². The van der Waals surface area contributed by atoms with Gasteiger partial charge in [0.1, 0.15) is 0 Å². The highest BCUT2D eigenvalue weighted by Crippen LogP contribution is 2.01. The molecule has 2 rings (SSSR count). The summed E-state index contributed by atoms with van der Waals surface area (Å²) >= 11 is 0. The predicted octanol–water partition coefficient (Wildman–Crippen LogP) is 1.74. The summed E-state index contributed by atoms with van der Waals surface area (Å²) in [5.41, 5.74) is 2.50. The van der Waals surface area contributed by atoms with Crippen molar-refractivity contribution in [2.45, 2.75) is 6.54 Å². The van der Waals surface area contributed by atoms with E-state index in [1.54, 1.807) is 0 Å². The number of hydrogen-bond donors (Lipinski definition) is 1. The van der Waals surface area contributed by atoms with E-state index < -0.39 is 0 Å². The molecule has 1 N–H and O–H groups in total. The standard InChI is InChI=1S/C11H12N2/c1-2-4-10(5-3-1)8-13-11-6-7-12-9-11/h1-7,13H,8-9H2. The van der Waals surface area contributed by atoms with Gasteiger partial charge < -0.3 is 5.32 Å². The molecule has 2 nitrogen and oxygen atoms in total. The molecule has 0 amide bonds. The summed E-state index contributed by atoms with van der Waals surface area (Å²) in [6.45, 7) is 1.68. The van der Waals surface area contributed by atoms with E-state index in [0.717, 1.165) is 13.1 Å². The third-order valence-electron chi connectivity index (χ3n) is 2.01. The molecular formula is C11H12N2. The first-order valence-corrected chi connectivity index (χ1v) is 4.42. The van der Waals surface area contributed by atoms with E-state index >= 15 is 0 Å². The van der Waals surface area contributed by atoms with Gasteiger partial charge in [-0.1, -0.05) is 30.3 Å². The Morgan fingerprint density at radius 2 is 2.08 bits per heavy atom. The monoisotopic (exact) mass is 172 g/mol. The average Bonchev–Trinajstić information content (AvgIpc) is 2.69. The van der Waals surface area contributed by atoms with Crippen LogP contribution >= 0.6 is 0 Å². The van der Waals surface area contributed by atoms with Gasteiger partial charge >= 0.3 is 0 Å². The SMILES string of the molecule is C1=NCC(NCc2ccccc2)=C1. The summed E-state index contributed by atoms with van der Waals surface area (Å²) in [5, 5.41) is 3.33. The molecular weight excluding hydrogens is 160 g/mol. The second kappa shape index (κ2) is 3.90. The summed E-state index contributed by atoms with van der Waals surface area (Å²) in [5.74, 6) is 0. The topological polar surface area (TPSA) is 24.4 Å². The summed E-state index contributed by atoms with van der Waals surface area (Å²) < 4.78 is 0. The maximum Gasteiger partial charge on any atom is 0.0786 e. The molecule has 0 spiro atoms. The number of nitrogens with one attached hydrogen (secondary N) is 1. The Morgan fingerprint density at radius 1 is 1.23 bits per heavy atom. The summed E-state index contributed by atoms with van der Waals surface area (Å²) in [6.07, 6.45) is 3.86. The Morgan fingerprint density at radius 3 is 2.77 bits per heavy atom. The van der Waals surface area contributed by atoms with E-state index in [2.05, 4.69) is 34.6 Å². The van der Waals surface area contributed by atoms with Crippen LogP contribution < -0.4 is 5.32 Å². The summed E-state index contributed by atoms with van der Waals surface area (Å²) in [6, 6.07) is 10.4. The van der Waals surface area contributed by atoms with Crippen molar-refractivity contribution < 1.29 is 0 Å². The van der Waals surface area contributed by atoms with Crippen molar-refractivity contribution in [2.75, 3.05) is 6.54 Å². The highest BCUT2D eigenvalue weighted by Gasteiger charge is 1.98. The van der Waals surface area contributed by atoms with Gasteiger partial charge in [0.05, 0.1) is 6.54 Å². The second-order valence-electron chi connectivity index (χ2n) is 3.02. The Hall–Kier alpha value is -1.57. The van der Waals surface area contributed by atoms with Crippen LogP contribution in [0.5, 0.6) is 0 Å². The van der Waals surface area contributed by atoms with Gasteiger partial charge in [-0.05, 0) is 11.6 Å². The molecule has 0 saturated heterocycles. The lowest BCUT2D eigenvalue weighted by molar-refractivity contribution is 0.796. The Kier molecular flexibility index (Phi) is 2.41. The van der Waals surface area contributed by atoms with Gasteiger partial charge in [-0.3, -0.25) is 4.99 Å². The molecule has 0 atom stereocenters. The van der Waals surface area contributed by atoms with E-state index in [1.807, 2.05) is 18.4 Å². The molecule has 1 aliphatic rings. The lowest BCUT2D eigenvalue weighted by atomic mass is 10.2. The van der Waals surface area contributed by atoms with Crippen LogP contribution in [0.25, 0.3) is 0 Å². The third-order valence-corrected chi connectivity index (χ3v) is 2.01. The normalized spacial score (nSPS) is 14.3. The van der Waals surface area contributed by atoms with Crippen molar-refractivity contribution in [3.05, 3.63) is 47.7 Å². The number of rotatable bonds is 3. The molecule has 0 radical (unpaired) electrons. The van der Waals surface area contributed by atoms with Crippen LogP contribution in [0.1, 0.15) is 5.56 Å². The zero-order valence-electron chi connectivity index (χ0n) is 7.40. The molecule has 0 unspecified atom stereocenters. The first-order valence-electron chi connectivity index (χ1n) is 4.42. The van der Waals surface area contributed by atoms with Gasteiger partial charge in [-0.15, -0.1) is 0 Å². The van der Waals surface area contributed by atoms with Crippen molar-refractivity contribution in [1.82, 2.24) is 5.32 Å². The highest BCUT2D eigenvalue weighted by atomic mass is 14.9. The largest absolute Gasteiger partial charge is 0.383 e. The van der Waals surface area contributed by atoms with E-state index in [-0.39, 0.29) is 0 Å². The van der Waals surface area contributed by atoms with Gasteiger partial charge in [0.15, 0.2) is 0 Å². The molecule has 0 aliphatic carbocycles. The van der Waals surface area contributed by atoms with Crippen molar-refractivity contribution in [3.63, 3.8) is 0 Å². The van der Waals surface area contributed by atoms with Crippen molar-refractivity contribution in [1.29, 1.82) is 0 Å². The van der Waals surface area contributed by atoms with Gasteiger partial charge in [0, 0.05) is 18.5 Å². The third kappa shape index (κ3) is 2.18. The van der Waals surface area contributed by atoms with Crippen molar-refractivity contribution in [3.8, 4) is 0 Å². The van der Waals surface area contributed by atoms with Crippen molar-refractivity contribution >= 4 is 6.21 Å². The number of aliphatic imine (C=N–C) groups is 1. The average molecular weight is 172 g/mol.